The van der Waals surface area contributed by atoms with Crippen LogP contribution in [0, 0.1) is 6.92 Å². The van der Waals surface area contributed by atoms with Crippen LogP contribution in [-0.4, -0.2) is 14.3 Å². The molecular weight excluding hydrogens is 340 g/mol. The average molecular weight is 356 g/mol. The standard InChI is InChI=1S/C18H16N2O4S/c1-13-4-2-5-15(12-13)20-25(22,23)16-9-7-14(8-10-16)19-18(21)17-6-3-11-24-17/h2-12,20H,1H3,(H,19,21). The van der Waals surface area contributed by atoms with Gasteiger partial charge in [-0.2, -0.15) is 0 Å². The van der Waals surface area contributed by atoms with Gasteiger partial charge in [0.2, 0.25) is 0 Å². The molecule has 0 atom stereocenters. The van der Waals surface area contributed by atoms with E-state index in [0.717, 1.165) is 5.56 Å². The number of hydrogen-bond acceptors (Lipinski definition) is 4. The Morgan fingerprint density at radius 2 is 1.72 bits per heavy atom. The van der Waals surface area contributed by atoms with Gasteiger partial charge in [0.05, 0.1) is 11.2 Å². The SMILES string of the molecule is Cc1cccc(NS(=O)(=O)c2ccc(NC(=O)c3ccco3)cc2)c1. The molecule has 3 aromatic rings. The van der Waals surface area contributed by atoms with Gasteiger partial charge in [0.1, 0.15) is 0 Å². The molecule has 0 bridgehead atoms. The van der Waals surface area contributed by atoms with E-state index in [1.54, 1.807) is 30.3 Å². The van der Waals surface area contributed by atoms with Crippen molar-refractivity contribution in [3.8, 4) is 0 Å². The Balaban J connectivity index is 1.73. The maximum atomic E-state index is 12.4. The van der Waals surface area contributed by atoms with E-state index in [1.807, 2.05) is 13.0 Å². The molecule has 25 heavy (non-hydrogen) atoms. The third kappa shape index (κ3) is 4.07. The van der Waals surface area contributed by atoms with Crippen LogP contribution in [-0.2, 0) is 10.0 Å². The van der Waals surface area contributed by atoms with Crippen LogP contribution >= 0.6 is 0 Å². The van der Waals surface area contributed by atoms with E-state index in [2.05, 4.69) is 10.0 Å². The lowest BCUT2D eigenvalue weighted by Crippen LogP contribution is -2.14. The molecule has 3 rings (SSSR count). The fraction of sp³-hybridized carbons (Fsp3) is 0.0556. The monoisotopic (exact) mass is 356 g/mol. The second-order valence-electron chi connectivity index (χ2n) is 5.43. The van der Waals surface area contributed by atoms with Crippen LogP contribution < -0.4 is 10.0 Å². The number of carbonyl (C=O) groups is 1. The summed E-state index contributed by atoms with van der Waals surface area (Å²) in [6.45, 7) is 1.88. The van der Waals surface area contributed by atoms with E-state index in [9.17, 15) is 13.2 Å². The summed E-state index contributed by atoms with van der Waals surface area (Å²) in [6.07, 6.45) is 1.40. The third-order valence-electron chi connectivity index (χ3n) is 3.44. The molecule has 7 heteroatoms. The fourth-order valence-corrected chi connectivity index (χ4v) is 3.29. The number of benzene rings is 2. The molecule has 0 aliphatic heterocycles. The van der Waals surface area contributed by atoms with Crippen molar-refractivity contribution >= 4 is 27.3 Å². The molecule has 0 aliphatic rings. The number of aryl methyl sites for hydroxylation is 1. The number of carbonyl (C=O) groups excluding carboxylic acids is 1. The molecule has 1 heterocycles. The predicted molar refractivity (Wildman–Crippen MR) is 95.1 cm³/mol. The fourth-order valence-electron chi connectivity index (χ4n) is 2.24. The number of sulfonamides is 1. The summed E-state index contributed by atoms with van der Waals surface area (Å²) in [4.78, 5) is 12.0. The van der Waals surface area contributed by atoms with Gasteiger partial charge < -0.3 is 9.73 Å². The van der Waals surface area contributed by atoms with Gasteiger partial charge in [0.25, 0.3) is 15.9 Å². The molecule has 128 valence electrons. The first-order valence-electron chi connectivity index (χ1n) is 7.48. The number of anilines is 2. The molecule has 0 fully saturated rings. The summed E-state index contributed by atoms with van der Waals surface area (Å²) in [5.41, 5.74) is 1.92. The van der Waals surface area contributed by atoms with Crippen molar-refractivity contribution in [3.05, 3.63) is 78.3 Å². The van der Waals surface area contributed by atoms with E-state index < -0.39 is 15.9 Å². The van der Waals surface area contributed by atoms with Crippen LogP contribution in [0.2, 0.25) is 0 Å². The van der Waals surface area contributed by atoms with E-state index in [4.69, 9.17) is 4.42 Å². The van der Waals surface area contributed by atoms with E-state index in [0.29, 0.717) is 11.4 Å². The zero-order chi connectivity index (χ0) is 17.9. The highest BCUT2D eigenvalue weighted by molar-refractivity contribution is 7.92. The normalized spacial score (nSPS) is 11.1. The average Bonchev–Trinajstić information content (AvgIpc) is 3.09. The lowest BCUT2D eigenvalue weighted by Gasteiger charge is -2.09. The number of rotatable bonds is 5. The third-order valence-corrected chi connectivity index (χ3v) is 4.83. The zero-order valence-electron chi connectivity index (χ0n) is 13.4. The molecule has 0 saturated heterocycles. The zero-order valence-corrected chi connectivity index (χ0v) is 14.2. The summed E-state index contributed by atoms with van der Waals surface area (Å²) in [6, 6.07) is 16.1. The molecule has 2 aromatic carbocycles. The quantitative estimate of drug-likeness (QED) is 0.730. The van der Waals surface area contributed by atoms with Crippen molar-refractivity contribution < 1.29 is 17.6 Å². The first-order chi connectivity index (χ1) is 11.9. The van der Waals surface area contributed by atoms with Gasteiger partial charge in [-0.1, -0.05) is 12.1 Å². The molecule has 6 nitrogen and oxygen atoms in total. The second-order valence-corrected chi connectivity index (χ2v) is 7.11. The smallest absolute Gasteiger partial charge is 0.291 e. The van der Waals surface area contributed by atoms with E-state index in [1.165, 1.54) is 30.5 Å². The molecule has 0 spiro atoms. The minimum Gasteiger partial charge on any atom is -0.459 e. The molecule has 1 amide bonds. The highest BCUT2D eigenvalue weighted by Crippen LogP contribution is 2.19. The first-order valence-corrected chi connectivity index (χ1v) is 8.97. The molecule has 0 unspecified atom stereocenters. The number of hydrogen-bond donors (Lipinski definition) is 2. The minimum atomic E-state index is -3.70. The topological polar surface area (TPSA) is 88.4 Å². The molecule has 2 N–H and O–H groups in total. The Labute approximate surface area is 145 Å². The Morgan fingerprint density at radius 3 is 2.36 bits per heavy atom. The van der Waals surface area contributed by atoms with Crippen LogP contribution in [0.1, 0.15) is 16.1 Å². The summed E-state index contributed by atoms with van der Waals surface area (Å²) in [5, 5.41) is 2.63. The van der Waals surface area contributed by atoms with Gasteiger partial charge in [-0.15, -0.1) is 0 Å². The second kappa shape index (κ2) is 6.82. The maximum Gasteiger partial charge on any atom is 0.291 e. The Morgan fingerprint density at radius 1 is 0.960 bits per heavy atom. The number of furan rings is 1. The van der Waals surface area contributed by atoms with Crippen LogP contribution in [0.3, 0.4) is 0 Å². The van der Waals surface area contributed by atoms with Gasteiger partial charge in [0, 0.05) is 11.4 Å². The summed E-state index contributed by atoms with van der Waals surface area (Å²) in [5.74, 6) is -0.226. The lowest BCUT2D eigenvalue weighted by molar-refractivity contribution is 0.0996. The molecule has 0 radical (unpaired) electrons. The number of nitrogens with one attached hydrogen (secondary N) is 2. The van der Waals surface area contributed by atoms with E-state index >= 15 is 0 Å². The van der Waals surface area contributed by atoms with Gasteiger partial charge in [-0.25, -0.2) is 8.42 Å². The summed E-state index contributed by atoms with van der Waals surface area (Å²) in [7, 11) is -3.70. The van der Waals surface area contributed by atoms with Crippen molar-refractivity contribution in [3.63, 3.8) is 0 Å². The molecule has 1 aromatic heterocycles. The van der Waals surface area contributed by atoms with Gasteiger partial charge >= 0.3 is 0 Å². The maximum absolute atomic E-state index is 12.4. The molecule has 0 aliphatic carbocycles. The van der Waals surface area contributed by atoms with Crippen LogP contribution in [0.4, 0.5) is 11.4 Å². The van der Waals surface area contributed by atoms with Crippen molar-refractivity contribution in [2.75, 3.05) is 10.0 Å². The van der Waals surface area contributed by atoms with Crippen molar-refractivity contribution in [1.29, 1.82) is 0 Å². The predicted octanol–water partition coefficient (Wildman–Crippen LogP) is 3.64. The Hall–Kier alpha value is -3.06. The highest BCUT2D eigenvalue weighted by atomic mass is 32.2. The van der Waals surface area contributed by atoms with Gasteiger partial charge in [-0.3, -0.25) is 9.52 Å². The number of amides is 1. The van der Waals surface area contributed by atoms with Crippen LogP contribution in [0.15, 0.2) is 76.2 Å². The summed E-state index contributed by atoms with van der Waals surface area (Å²) >= 11 is 0. The molecule has 0 saturated carbocycles. The van der Waals surface area contributed by atoms with E-state index in [-0.39, 0.29) is 10.7 Å². The largest absolute Gasteiger partial charge is 0.459 e. The molecular formula is C18H16N2O4S. The minimum absolute atomic E-state index is 0.102. The van der Waals surface area contributed by atoms with Crippen LogP contribution in [0.5, 0.6) is 0 Å². The van der Waals surface area contributed by atoms with Gasteiger partial charge in [0.15, 0.2) is 5.76 Å². The van der Waals surface area contributed by atoms with Crippen LogP contribution in [0.25, 0.3) is 0 Å². The van der Waals surface area contributed by atoms with Crippen molar-refractivity contribution in [1.82, 2.24) is 0 Å². The van der Waals surface area contributed by atoms with Crippen molar-refractivity contribution in [2.24, 2.45) is 0 Å². The lowest BCUT2D eigenvalue weighted by atomic mass is 10.2. The van der Waals surface area contributed by atoms with Crippen molar-refractivity contribution in [2.45, 2.75) is 11.8 Å². The Bertz CT molecular complexity index is 978. The highest BCUT2D eigenvalue weighted by Gasteiger charge is 2.15. The first kappa shape index (κ1) is 16.8. The summed E-state index contributed by atoms with van der Waals surface area (Å²) < 4.78 is 32.4. The Kier molecular flexibility index (Phi) is 4.58. The van der Waals surface area contributed by atoms with Gasteiger partial charge in [-0.05, 0) is 61.0 Å².